The van der Waals surface area contributed by atoms with Gasteiger partial charge in [0.1, 0.15) is 5.75 Å². The smallest absolute Gasteiger partial charge is 0.307 e. The number of ether oxygens (including phenoxy) is 1. The van der Waals surface area contributed by atoms with Gasteiger partial charge in [-0.3, -0.25) is 4.79 Å². The number of carboxylic acids is 1. The summed E-state index contributed by atoms with van der Waals surface area (Å²) in [6.07, 6.45) is 3.92. The van der Waals surface area contributed by atoms with Crippen LogP contribution in [0.4, 0.5) is 0 Å². The van der Waals surface area contributed by atoms with Gasteiger partial charge >= 0.3 is 5.97 Å². The van der Waals surface area contributed by atoms with E-state index in [1.54, 1.807) is 18.9 Å². The van der Waals surface area contributed by atoms with Crippen molar-refractivity contribution in [3.8, 4) is 5.75 Å². The third-order valence-corrected chi connectivity index (χ3v) is 4.83. The lowest BCUT2D eigenvalue weighted by Crippen LogP contribution is -2.29. The molecule has 0 spiro atoms. The van der Waals surface area contributed by atoms with Crippen LogP contribution in [0.25, 0.3) is 0 Å². The molecule has 4 heteroatoms. The van der Waals surface area contributed by atoms with Crippen molar-refractivity contribution in [3.63, 3.8) is 0 Å². The van der Waals surface area contributed by atoms with Crippen LogP contribution < -0.4 is 4.74 Å². The van der Waals surface area contributed by atoms with Crippen molar-refractivity contribution in [2.45, 2.75) is 35.8 Å². The maximum absolute atomic E-state index is 11.3. The van der Waals surface area contributed by atoms with Gasteiger partial charge in [-0.1, -0.05) is 25.0 Å². The van der Waals surface area contributed by atoms with E-state index in [1.165, 1.54) is 0 Å². The number of thioether (sulfide) groups is 1. The van der Waals surface area contributed by atoms with Crippen molar-refractivity contribution >= 4 is 17.7 Å². The highest BCUT2D eigenvalue weighted by Crippen LogP contribution is 2.40. The Bertz CT molecular complexity index is 419. The van der Waals surface area contributed by atoms with E-state index in [4.69, 9.17) is 4.74 Å². The summed E-state index contributed by atoms with van der Waals surface area (Å²) < 4.78 is 5.31. The minimum Gasteiger partial charge on any atom is -0.496 e. The molecular weight excluding hydrogens is 248 g/mol. The number of hydrogen-bond donors (Lipinski definition) is 1. The number of methoxy groups -OCH3 is 1. The van der Waals surface area contributed by atoms with Crippen molar-refractivity contribution in [2.24, 2.45) is 5.92 Å². The number of para-hydroxylation sites is 1. The van der Waals surface area contributed by atoms with E-state index in [1.807, 2.05) is 24.3 Å². The number of carboxylic acid groups (broad SMARTS) is 1. The Morgan fingerprint density at radius 1 is 1.33 bits per heavy atom. The zero-order valence-corrected chi connectivity index (χ0v) is 11.3. The Hall–Kier alpha value is -1.16. The molecule has 0 aromatic heterocycles. The van der Waals surface area contributed by atoms with Crippen molar-refractivity contribution in [1.29, 1.82) is 0 Å². The third-order valence-electron chi connectivity index (χ3n) is 3.37. The first-order chi connectivity index (χ1) is 8.72. The lowest BCUT2D eigenvalue weighted by molar-refractivity contribution is -0.142. The summed E-state index contributed by atoms with van der Waals surface area (Å²) in [5.41, 5.74) is 0. The fourth-order valence-electron chi connectivity index (χ4n) is 2.40. The molecule has 0 amide bonds. The molecule has 0 heterocycles. The fourth-order valence-corrected chi connectivity index (χ4v) is 3.85. The SMILES string of the molecule is COc1ccccc1SC1CCCCC1C(=O)O. The number of carbonyl (C=O) groups is 1. The lowest BCUT2D eigenvalue weighted by Gasteiger charge is -2.28. The molecule has 1 saturated carbocycles. The van der Waals surface area contributed by atoms with Crippen molar-refractivity contribution < 1.29 is 14.6 Å². The van der Waals surface area contributed by atoms with Crippen molar-refractivity contribution in [3.05, 3.63) is 24.3 Å². The average molecular weight is 266 g/mol. The summed E-state index contributed by atoms with van der Waals surface area (Å²) in [5.74, 6) is -0.0621. The largest absolute Gasteiger partial charge is 0.496 e. The molecule has 1 aliphatic rings. The normalized spacial score (nSPS) is 23.6. The van der Waals surface area contributed by atoms with E-state index in [0.29, 0.717) is 0 Å². The van der Waals surface area contributed by atoms with Gasteiger partial charge in [-0.25, -0.2) is 0 Å². The molecule has 2 atom stereocenters. The molecule has 1 aromatic carbocycles. The predicted octanol–water partition coefficient (Wildman–Crippen LogP) is 3.43. The minimum absolute atomic E-state index is 0.160. The van der Waals surface area contributed by atoms with Gasteiger partial charge in [0.2, 0.25) is 0 Å². The lowest BCUT2D eigenvalue weighted by atomic mass is 9.89. The monoisotopic (exact) mass is 266 g/mol. The summed E-state index contributed by atoms with van der Waals surface area (Å²) in [7, 11) is 1.65. The van der Waals surface area contributed by atoms with E-state index in [-0.39, 0.29) is 11.2 Å². The first-order valence-corrected chi connectivity index (χ1v) is 7.13. The van der Waals surface area contributed by atoms with Gasteiger partial charge in [-0.15, -0.1) is 11.8 Å². The third kappa shape index (κ3) is 2.99. The van der Waals surface area contributed by atoms with E-state index in [9.17, 15) is 9.90 Å². The zero-order valence-electron chi connectivity index (χ0n) is 10.5. The van der Waals surface area contributed by atoms with Gasteiger partial charge in [0.05, 0.1) is 13.0 Å². The molecule has 0 aliphatic heterocycles. The highest BCUT2D eigenvalue weighted by Gasteiger charge is 2.31. The second-order valence-electron chi connectivity index (χ2n) is 4.54. The minimum atomic E-state index is -0.665. The van der Waals surface area contributed by atoms with Crippen molar-refractivity contribution in [2.75, 3.05) is 7.11 Å². The van der Waals surface area contributed by atoms with Gasteiger partial charge < -0.3 is 9.84 Å². The molecule has 1 aromatic rings. The van der Waals surface area contributed by atoms with Crippen molar-refractivity contribution in [1.82, 2.24) is 0 Å². The molecule has 0 bridgehead atoms. The quantitative estimate of drug-likeness (QED) is 0.907. The zero-order chi connectivity index (χ0) is 13.0. The standard InChI is InChI=1S/C14H18O3S/c1-17-11-7-3-5-9-13(11)18-12-8-4-2-6-10(12)14(15)16/h3,5,7,9-10,12H,2,4,6,8H2,1H3,(H,15,16). The molecular formula is C14H18O3S. The number of benzene rings is 1. The summed E-state index contributed by atoms with van der Waals surface area (Å²) in [6.45, 7) is 0. The highest BCUT2D eigenvalue weighted by molar-refractivity contribution is 8.00. The van der Waals surface area contributed by atoms with Crippen LogP contribution in [-0.2, 0) is 4.79 Å². The van der Waals surface area contributed by atoms with Crippen LogP contribution in [0, 0.1) is 5.92 Å². The summed E-state index contributed by atoms with van der Waals surface area (Å²) in [6, 6.07) is 7.81. The Kier molecular flexibility index (Phi) is 4.53. The Labute approximate surface area is 112 Å². The van der Waals surface area contributed by atoms with E-state index in [0.717, 1.165) is 36.3 Å². The van der Waals surface area contributed by atoms with Crippen LogP contribution in [0.5, 0.6) is 5.75 Å². The van der Waals surface area contributed by atoms with Gasteiger partial charge in [-0.05, 0) is 25.0 Å². The molecule has 1 N–H and O–H groups in total. The summed E-state index contributed by atoms with van der Waals surface area (Å²) >= 11 is 1.65. The topological polar surface area (TPSA) is 46.5 Å². The molecule has 1 fully saturated rings. The summed E-state index contributed by atoms with van der Waals surface area (Å²) in [5, 5.41) is 9.43. The van der Waals surface area contributed by atoms with Crippen LogP contribution in [0.2, 0.25) is 0 Å². The second-order valence-corrected chi connectivity index (χ2v) is 5.82. The molecule has 2 rings (SSSR count). The number of rotatable bonds is 4. The average Bonchev–Trinajstić information content (AvgIpc) is 2.40. The molecule has 98 valence electrons. The molecule has 3 nitrogen and oxygen atoms in total. The molecule has 18 heavy (non-hydrogen) atoms. The van der Waals surface area contributed by atoms with E-state index < -0.39 is 5.97 Å². The highest BCUT2D eigenvalue weighted by atomic mass is 32.2. The molecule has 0 saturated heterocycles. The second kappa shape index (κ2) is 6.14. The van der Waals surface area contributed by atoms with Crippen LogP contribution in [0.15, 0.2) is 29.2 Å². The fraction of sp³-hybridized carbons (Fsp3) is 0.500. The van der Waals surface area contributed by atoms with Gasteiger partial charge in [0.15, 0.2) is 0 Å². The van der Waals surface area contributed by atoms with Gasteiger partial charge in [0, 0.05) is 10.1 Å². The van der Waals surface area contributed by atoms with Crippen LogP contribution in [0.1, 0.15) is 25.7 Å². The summed E-state index contributed by atoms with van der Waals surface area (Å²) in [4.78, 5) is 12.3. The van der Waals surface area contributed by atoms with E-state index in [2.05, 4.69) is 0 Å². The first-order valence-electron chi connectivity index (χ1n) is 6.25. The van der Waals surface area contributed by atoms with Crippen LogP contribution in [-0.4, -0.2) is 23.4 Å². The first kappa shape index (κ1) is 13.3. The van der Waals surface area contributed by atoms with Crippen LogP contribution >= 0.6 is 11.8 Å². The Balaban J connectivity index is 2.13. The molecule has 1 aliphatic carbocycles. The van der Waals surface area contributed by atoms with E-state index >= 15 is 0 Å². The maximum atomic E-state index is 11.3. The Morgan fingerprint density at radius 2 is 2.06 bits per heavy atom. The number of hydrogen-bond acceptors (Lipinski definition) is 3. The Morgan fingerprint density at radius 3 is 2.78 bits per heavy atom. The number of aliphatic carboxylic acids is 1. The van der Waals surface area contributed by atoms with Gasteiger partial charge in [0.25, 0.3) is 0 Å². The van der Waals surface area contributed by atoms with Gasteiger partial charge in [-0.2, -0.15) is 0 Å². The van der Waals surface area contributed by atoms with Crippen LogP contribution in [0.3, 0.4) is 0 Å². The maximum Gasteiger partial charge on any atom is 0.307 e. The predicted molar refractivity (Wildman–Crippen MR) is 72.2 cm³/mol. The molecule has 0 radical (unpaired) electrons. The molecule has 2 unspecified atom stereocenters.